The summed E-state index contributed by atoms with van der Waals surface area (Å²) in [5.74, 6) is 0.732. The van der Waals surface area contributed by atoms with E-state index in [1.165, 1.54) is 0 Å². The van der Waals surface area contributed by atoms with Crippen LogP contribution in [0.25, 0.3) is 11.0 Å². The molecule has 0 aliphatic carbocycles. The number of urea groups is 1. The summed E-state index contributed by atoms with van der Waals surface area (Å²) in [5.41, 5.74) is 1.83. The SMILES string of the molecule is O=C(NCc1ccncc1)NCc1cc2ccccc2o1. The van der Waals surface area contributed by atoms with Crippen molar-refractivity contribution in [3.8, 4) is 0 Å². The minimum Gasteiger partial charge on any atom is -0.459 e. The van der Waals surface area contributed by atoms with E-state index in [0.717, 1.165) is 22.3 Å². The number of hydrogen-bond acceptors (Lipinski definition) is 3. The summed E-state index contributed by atoms with van der Waals surface area (Å²) in [4.78, 5) is 15.7. The van der Waals surface area contributed by atoms with Crippen molar-refractivity contribution in [1.29, 1.82) is 0 Å². The van der Waals surface area contributed by atoms with Crippen LogP contribution in [-0.2, 0) is 13.1 Å². The lowest BCUT2D eigenvalue weighted by Crippen LogP contribution is -2.34. The quantitative estimate of drug-likeness (QED) is 0.772. The van der Waals surface area contributed by atoms with Gasteiger partial charge in [0.25, 0.3) is 0 Å². The standard InChI is InChI=1S/C16H15N3O2/c20-16(18-10-12-5-7-17-8-6-12)19-11-14-9-13-3-1-2-4-15(13)21-14/h1-9H,10-11H2,(H2,18,19,20). The molecule has 2 N–H and O–H groups in total. The van der Waals surface area contributed by atoms with Gasteiger partial charge in [-0.1, -0.05) is 18.2 Å². The third kappa shape index (κ3) is 3.39. The number of amides is 2. The first-order valence-electron chi connectivity index (χ1n) is 6.69. The lowest BCUT2D eigenvalue weighted by Gasteiger charge is -2.06. The van der Waals surface area contributed by atoms with Crippen LogP contribution >= 0.6 is 0 Å². The van der Waals surface area contributed by atoms with E-state index in [4.69, 9.17) is 4.42 Å². The molecule has 21 heavy (non-hydrogen) atoms. The molecule has 5 nitrogen and oxygen atoms in total. The Morgan fingerprint density at radius 3 is 2.62 bits per heavy atom. The molecular weight excluding hydrogens is 266 g/mol. The first kappa shape index (κ1) is 13.2. The zero-order chi connectivity index (χ0) is 14.5. The fourth-order valence-corrected chi connectivity index (χ4v) is 2.04. The molecule has 0 spiro atoms. The summed E-state index contributed by atoms with van der Waals surface area (Å²) in [6.07, 6.45) is 3.40. The molecule has 3 aromatic rings. The minimum atomic E-state index is -0.229. The van der Waals surface area contributed by atoms with E-state index in [2.05, 4.69) is 15.6 Å². The van der Waals surface area contributed by atoms with E-state index in [0.29, 0.717) is 13.1 Å². The summed E-state index contributed by atoms with van der Waals surface area (Å²) >= 11 is 0. The fourth-order valence-electron chi connectivity index (χ4n) is 2.04. The van der Waals surface area contributed by atoms with Crippen molar-refractivity contribution in [2.75, 3.05) is 0 Å². The molecule has 2 amide bonds. The molecule has 2 heterocycles. The van der Waals surface area contributed by atoms with Gasteiger partial charge in [-0.3, -0.25) is 4.98 Å². The van der Waals surface area contributed by atoms with Gasteiger partial charge in [0.2, 0.25) is 0 Å². The highest BCUT2D eigenvalue weighted by Gasteiger charge is 2.05. The predicted molar refractivity (Wildman–Crippen MR) is 79.5 cm³/mol. The van der Waals surface area contributed by atoms with Crippen LogP contribution in [0.3, 0.4) is 0 Å². The molecule has 0 unspecified atom stereocenters. The first-order valence-corrected chi connectivity index (χ1v) is 6.69. The van der Waals surface area contributed by atoms with Gasteiger partial charge in [0.1, 0.15) is 11.3 Å². The van der Waals surface area contributed by atoms with Crippen LogP contribution in [0.2, 0.25) is 0 Å². The number of carbonyl (C=O) groups excluding carboxylic acids is 1. The number of benzene rings is 1. The summed E-state index contributed by atoms with van der Waals surface area (Å²) in [7, 11) is 0. The van der Waals surface area contributed by atoms with Crippen molar-refractivity contribution in [2.45, 2.75) is 13.1 Å². The largest absolute Gasteiger partial charge is 0.459 e. The van der Waals surface area contributed by atoms with Gasteiger partial charge < -0.3 is 15.1 Å². The van der Waals surface area contributed by atoms with E-state index < -0.39 is 0 Å². The number of furan rings is 1. The van der Waals surface area contributed by atoms with E-state index in [-0.39, 0.29) is 6.03 Å². The van der Waals surface area contributed by atoms with Crippen LogP contribution < -0.4 is 10.6 Å². The molecule has 1 aromatic carbocycles. The maximum atomic E-state index is 11.7. The molecule has 2 aromatic heterocycles. The molecule has 0 saturated carbocycles. The van der Waals surface area contributed by atoms with Crippen molar-refractivity contribution in [2.24, 2.45) is 0 Å². The van der Waals surface area contributed by atoms with Crippen molar-refractivity contribution in [3.63, 3.8) is 0 Å². The molecule has 106 valence electrons. The average molecular weight is 281 g/mol. The van der Waals surface area contributed by atoms with Crippen molar-refractivity contribution in [1.82, 2.24) is 15.6 Å². The van der Waals surface area contributed by atoms with Crippen LogP contribution in [0.5, 0.6) is 0 Å². The zero-order valence-corrected chi connectivity index (χ0v) is 11.4. The lowest BCUT2D eigenvalue weighted by molar-refractivity contribution is 0.239. The van der Waals surface area contributed by atoms with E-state index in [1.54, 1.807) is 12.4 Å². The first-order chi connectivity index (χ1) is 10.3. The Kier molecular flexibility index (Phi) is 3.82. The zero-order valence-electron chi connectivity index (χ0n) is 11.4. The number of para-hydroxylation sites is 1. The number of fused-ring (bicyclic) bond motifs is 1. The van der Waals surface area contributed by atoms with Crippen LogP contribution in [0.1, 0.15) is 11.3 Å². The Morgan fingerprint density at radius 1 is 1.05 bits per heavy atom. The molecule has 0 radical (unpaired) electrons. The summed E-state index contributed by atoms with van der Waals surface area (Å²) in [6.45, 7) is 0.825. The molecular formula is C16H15N3O2. The highest BCUT2D eigenvalue weighted by atomic mass is 16.3. The molecule has 0 fully saturated rings. The average Bonchev–Trinajstić information content (AvgIpc) is 2.95. The Balaban J connectivity index is 1.51. The van der Waals surface area contributed by atoms with Gasteiger partial charge in [0.05, 0.1) is 6.54 Å². The summed E-state index contributed by atoms with van der Waals surface area (Å²) in [6, 6.07) is 13.2. The summed E-state index contributed by atoms with van der Waals surface area (Å²) < 4.78 is 5.63. The van der Waals surface area contributed by atoms with Crippen LogP contribution in [0.15, 0.2) is 59.3 Å². The predicted octanol–water partition coefficient (Wildman–Crippen LogP) is 2.83. The van der Waals surface area contributed by atoms with Gasteiger partial charge in [0, 0.05) is 24.3 Å². The monoisotopic (exact) mass is 281 g/mol. The number of nitrogens with zero attached hydrogens (tertiary/aromatic N) is 1. The molecule has 0 saturated heterocycles. The Hall–Kier alpha value is -2.82. The number of aromatic nitrogens is 1. The molecule has 3 rings (SSSR count). The fraction of sp³-hybridized carbons (Fsp3) is 0.125. The second-order valence-corrected chi connectivity index (χ2v) is 4.64. The topological polar surface area (TPSA) is 67.2 Å². The van der Waals surface area contributed by atoms with Crippen molar-refractivity contribution >= 4 is 17.0 Å². The normalized spacial score (nSPS) is 10.5. The summed E-state index contributed by atoms with van der Waals surface area (Å²) in [5, 5.41) is 6.59. The third-order valence-corrected chi connectivity index (χ3v) is 3.10. The second kappa shape index (κ2) is 6.09. The van der Waals surface area contributed by atoms with Gasteiger partial charge in [-0.25, -0.2) is 4.79 Å². The second-order valence-electron chi connectivity index (χ2n) is 4.64. The van der Waals surface area contributed by atoms with Gasteiger partial charge >= 0.3 is 6.03 Å². The highest BCUT2D eigenvalue weighted by molar-refractivity contribution is 5.78. The molecule has 5 heteroatoms. The number of carbonyl (C=O) groups is 1. The van der Waals surface area contributed by atoms with Crippen LogP contribution in [0.4, 0.5) is 4.79 Å². The van der Waals surface area contributed by atoms with Gasteiger partial charge in [-0.05, 0) is 29.8 Å². The van der Waals surface area contributed by atoms with Gasteiger partial charge in [0.15, 0.2) is 0 Å². The third-order valence-electron chi connectivity index (χ3n) is 3.10. The Bertz CT molecular complexity index is 704. The Morgan fingerprint density at radius 2 is 1.81 bits per heavy atom. The van der Waals surface area contributed by atoms with Crippen LogP contribution in [0, 0.1) is 0 Å². The number of rotatable bonds is 4. The smallest absolute Gasteiger partial charge is 0.315 e. The van der Waals surface area contributed by atoms with Crippen molar-refractivity contribution in [3.05, 3.63) is 66.2 Å². The molecule has 0 atom stereocenters. The van der Waals surface area contributed by atoms with E-state index >= 15 is 0 Å². The molecule has 0 aliphatic rings. The number of pyridine rings is 1. The van der Waals surface area contributed by atoms with E-state index in [9.17, 15) is 4.79 Å². The highest BCUT2D eigenvalue weighted by Crippen LogP contribution is 2.18. The Labute approximate surface area is 122 Å². The molecule has 0 aliphatic heterocycles. The molecule has 0 bridgehead atoms. The lowest BCUT2D eigenvalue weighted by atomic mass is 10.2. The number of hydrogen-bond donors (Lipinski definition) is 2. The van der Waals surface area contributed by atoms with Crippen molar-refractivity contribution < 1.29 is 9.21 Å². The van der Waals surface area contributed by atoms with Gasteiger partial charge in [-0.2, -0.15) is 0 Å². The maximum absolute atomic E-state index is 11.7. The van der Waals surface area contributed by atoms with E-state index in [1.807, 2.05) is 42.5 Å². The maximum Gasteiger partial charge on any atom is 0.315 e. The van der Waals surface area contributed by atoms with Crippen LogP contribution in [-0.4, -0.2) is 11.0 Å². The minimum absolute atomic E-state index is 0.229. The van der Waals surface area contributed by atoms with Gasteiger partial charge in [-0.15, -0.1) is 0 Å². The number of nitrogens with one attached hydrogen (secondary N) is 2.